The Kier molecular flexibility index (Phi) is 6.46. The number of rotatable bonds is 7. The number of likely N-dealkylation sites (tertiary alicyclic amines) is 1. The molecule has 1 aliphatic heterocycles. The zero-order valence-corrected chi connectivity index (χ0v) is 16.5. The van der Waals surface area contributed by atoms with Crippen molar-refractivity contribution in [2.45, 2.75) is 37.1 Å². The van der Waals surface area contributed by atoms with Crippen molar-refractivity contribution >= 4 is 21.5 Å². The van der Waals surface area contributed by atoms with E-state index >= 15 is 0 Å². The molecule has 1 aromatic heterocycles. The summed E-state index contributed by atoms with van der Waals surface area (Å²) in [6.07, 6.45) is 4.42. The van der Waals surface area contributed by atoms with Gasteiger partial charge in [0.2, 0.25) is 0 Å². The first kappa shape index (κ1) is 20.5. The van der Waals surface area contributed by atoms with Gasteiger partial charge in [-0.1, -0.05) is 6.92 Å². The molecule has 3 rings (SSSR count). The fourth-order valence-electron chi connectivity index (χ4n) is 3.22. The van der Waals surface area contributed by atoms with Crippen LogP contribution in [-0.2, 0) is 10.0 Å². The monoisotopic (exact) mass is 410 g/mol. The maximum atomic E-state index is 13.3. The lowest BCUT2D eigenvalue weighted by Crippen LogP contribution is -2.39. The molecule has 0 bridgehead atoms. The molecule has 2 heterocycles. The molecule has 6 nitrogen and oxygen atoms in total. The second-order valence-electron chi connectivity index (χ2n) is 6.87. The van der Waals surface area contributed by atoms with Gasteiger partial charge in [-0.2, -0.15) is 0 Å². The van der Waals surface area contributed by atoms with Crippen LogP contribution < -0.4 is 10.0 Å². The van der Waals surface area contributed by atoms with Gasteiger partial charge in [-0.3, -0.25) is 4.72 Å². The highest BCUT2D eigenvalue weighted by atomic mass is 32.2. The number of halogens is 2. The van der Waals surface area contributed by atoms with Crippen LogP contribution >= 0.6 is 0 Å². The Bertz CT molecular complexity index is 899. The Morgan fingerprint density at radius 1 is 1.14 bits per heavy atom. The molecule has 0 saturated carbocycles. The van der Waals surface area contributed by atoms with E-state index in [1.54, 1.807) is 6.07 Å². The van der Waals surface area contributed by atoms with Crippen molar-refractivity contribution in [2.24, 2.45) is 0 Å². The van der Waals surface area contributed by atoms with Crippen LogP contribution in [0.15, 0.2) is 41.4 Å². The molecule has 9 heteroatoms. The highest BCUT2D eigenvalue weighted by Gasteiger charge is 2.20. The molecule has 0 amide bonds. The van der Waals surface area contributed by atoms with E-state index in [0.29, 0.717) is 11.9 Å². The topological polar surface area (TPSA) is 74.3 Å². The maximum Gasteiger partial charge on any atom is 0.263 e. The molecule has 152 valence electrons. The number of aromatic nitrogens is 1. The van der Waals surface area contributed by atoms with E-state index in [4.69, 9.17) is 0 Å². The van der Waals surface area contributed by atoms with Gasteiger partial charge in [-0.25, -0.2) is 22.2 Å². The minimum Gasteiger partial charge on any atom is -0.367 e. The maximum absolute atomic E-state index is 13.3. The number of hydrogen-bond donors (Lipinski definition) is 2. The SMILES string of the molecule is CCCN1CCC(Nc2ccc(S(=O)(=O)Nc3ccc(F)c(F)c3)cn2)CC1. The average molecular weight is 410 g/mol. The van der Waals surface area contributed by atoms with Gasteiger partial charge < -0.3 is 10.2 Å². The van der Waals surface area contributed by atoms with Gasteiger partial charge in [0.15, 0.2) is 11.6 Å². The smallest absolute Gasteiger partial charge is 0.263 e. The van der Waals surface area contributed by atoms with Gasteiger partial charge in [0.1, 0.15) is 10.7 Å². The molecule has 0 spiro atoms. The molecule has 0 aliphatic carbocycles. The molecule has 2 aromatic rings. The number of sulfonamides is 1. The highest BCUT2D eigenvalue weighted by molar-refractivity contribution is 7.92. The molecule has 2 N–H and O–H groups in total. The van der Waals surface area contributed by atoms with Crippen molar-refractivity contribution in [1.29, 1.82) is 0 Å². The third-order valence-corrected chi connectivity index (χ3v) is 6.06. The molecule has 1 fully saturated rings. The number of hydrogen-bond acceptors (Lipinski definition) is 5. The van der Waals surface area contributed by atoms with Crippen LogP contribution in [0.2, 0.25) is 0 Å². The van der Waals surface area contributed by atoms with Crippen LogP contribution in [0.4, 0.5) is 20.3 Å². The normalized spacial score (nSPS) is 16.1. The summed E-state index contributed by atoms with van der Waals surface area (Å²) in [4.78, 5) is 6.57. The minimum absolute atomic E-state index is 0.0550. The van der Waals surface area contributed by atoms with Gasteiger partial charge in [-0.05, 0) is 50.1 Å². The van der Waals surface area contributed by atoms with Crippen molar-refractivity contribution in [1.82, 2.24) is 9.88 Å². The zero-order chi connectivity index (χ0) is 20.1. The predicted molar refractivity (Wildman–Crippen MR) is 105 cm³/mol. The Morgan fingerprint density at radius 2 is 1.89 bits per heavy atom. The van der Waals surface area contributed by atoms with Crippen LogP contribution in [0.25, 0.3) is 0 Å². The lowest BCUT2D eigenvalue weighted by Gasteiger charge is -2.32. The van der Waals surface area contributed by atoms with Crippen LogP contribution in [0, 0.1) is 11.6 Å². The summed E-state index contributed by atoms with van der Waals surface area (Å²) in [6.45, 7) is 5.36. The zero-order valence-electron chi connectivity index (χ0n) is 15.7. The van der Waals surface area contributed by atoms with Crippen molar-refractivity contribution < 1.29 is 17.2 Å². The van der Waals surface area contributed by atoms with Gasteiger partial charge in [0.25, 0.3) is 10.0 Å². The number of piperidine rings is 1. The second-order valence-corrected chi connectivity index (χ2v) is 8.56. The number of nitrogens with one attached hydrogen (secondary N) is 2. The van der Waals surface area contributed by atoms with Crippen molar-refractivity contribution in [3.05, 3.63) is 48.2 Å². The van der Waals surface area contributed by atoms with Crippen LogP contribution in [0.1, 0.15) is 26.2 Å². The first-order chi connectivity index (χ1) is 13.4. The fraction of sp³-hybridized carbons (Fsp3) is 0.421. The number of nitrogens with zero attached hydrogens (tertiary/aromatic N) is 2. The van der Waals surface area contributed by atoms with E-state index in [2.05, 4.69) is 26.8 Å². The lowest BCUT2D eigenvalue weighted by molar-refractivity contribution is 0.219. The highest BCUT2D eigenvalue weighted by Crippen LogP contribution is 2.20. The average Bonchev–Trinajstić information content (AvgIpc) is 2.67. The predicted octanol–water partition coefficient (Wildman–Crippen LogP) is 3.45. The first-order valence-corrected chi connectivity index (χ1v) is 10.8. The number of pyridine rings is 1. The summed E-state index contributed by atoms with van der Waals surface area (Å²) in [5.41, 5.74) is -0.0556. The summed E-state index contributed by atoms with van der Waals surface area (Å²) < 4.78 is 53.3. The van der Waals surface area contributed by atoms with Crippen LogP contribution in [-0.4, -0.2) is 44.0 Å². The Balaban J connectivity index is 1.61. The van der Waals surface area contributed by atoms with Crippen molar-refractivity contribution in [2.75, 3.05) is 29.7 Å². The largest absolute Gasteiger partial charge is 0.367 e. The van der Waals surface area contributed by atoms with Crippen LogP contribution in [0.5, 0.6) is 0 Å². The van der Waals surface area contributed by atoms with Gasteiger partial charge in [0.05, 0.1) is 5.69 Å². The fourth-order valence-corrected chi connectivity index (χ4v) is 4.22. The van der Waals surface area contributed by atoms with Crippen LogP contribution in [0.3, 0.4) is 0 Å². The Morgan fingerprint density at radius 3 is 2.50 bits per heavy atom. The molecule has 1 aliphatic rings. The summed E-state index contributed by atoms with van der Waals surface area (Å²) in [5.74, 6) is -1.55. The molecule has 0 unspecified atom stereocenters. The molecule has 0 atom stereocenters. The molecule has 28 heavy (non-hydrogen) atoms. The number of anilines is 2. The van der Waals surface area contributed by atoms with Gasteiger partial charge in [-0.15, -0.1) is 0 Å². The Hall–Kier alpha value is -2.26. The van der Waals surface area contributed by atoms with E-state index in [1.807, 2.05) is 0 Å². The van der Waals surface area contributed by atoms with Crippen molar-refractivity contribution in [3.8, 4) is 0 Å². The quantitative estimate of drug-likeness (QED) is 0.731. The summed E-state index contributed by atoms with van der Waals surface area (Å²) >= 11 is 0. The summed E-state index contributed by atoms with van der Waals surface area (Å²) in [6, 6.07) is 6.17. The van der Waals surface area contributed by atoms with E-state index < -0.39 is 21.7 Å². The molecule has 1 saturated heterocycles. The van der Waals surface area contributed by atoms with E-state index in [9.17, 15) is 17.2 Å². The molecule has 1 aromatic carbocycles. The third-order valence-electron chi connectivity index (χ3n) is 4.70. The Labute approximate surface area is 164 Å². The molecular formula is C19H24F2N4O2S. The summed E-state index contributed by atoms with van der Waals surface area (Å²) in [7, 11) is -3.94. The number of benzene rings is 1. The molecular weight excluding hydrogens is 386 g/mol. The lowest BCUT2D eigenvalue weighted by atomic mass is 10.0. The minimum atomic E-state index is -3.94. The standard InChI is InChI=1S/C19H24F2N4O2S/c1-2-9-25-10-7-14(8-11-25)23-19-6-4-16(13-22-19)28(26,27)24-15-3-5-17(20)18(21)12-15/h3-6,12-14,24H,2,7-11H2,1H3,(H,22,23). The van der Waals surface area contributed by atoms with Gasteiger partial charge in [0, 0.05) is 31.4 Å². The van der Waals surface area contributed by atoms with E-state index in [1.165, 1.54) is 12.3 Å². The second kappa shape index (κ2) is 8.83. The summed E-state index contributed by atoms with van der Waals surface area (Å²) in [5, 5.41) is 3.34. The van der Waals surface area contributed by atoms with Gasteiger partial charge >= 0.3 is 0 Å². The first-order valence-electron chi connectivity index (χ1n) is 9.30. The molecule has 0 radical (unpaired) electrons. The van der Waals surface area contributed by atoms with E-state index in [0.717, 1.165) is 57.1 Å². The van der Waals surface area contributed by atoms with E-state index in [-0.39, 0.29) is 10.6 Å². The third kappa shape index (κ3) is 5.17. The van der Waals surface area contributed by atoms with Crippen molar-refractivity contribution in [3.63, 3.8) is 0 Å².